The fraction of sp³-hybridized carbons (Fsp3) is 0. The standard InChI is InChI=1S/C50H33N5O2/c51-47(46-40-22-11-10-13-32(40)23-26-41(46)52-39-20-8-3-9-21-39)37-19-12-18-35(29-37)36-24-27-42-44(30-36)57-45-31-38(25-28-43(45)56-42)50-54-48(33-14-4-1-5-15-33)53-49(55-50)34-16-6-2-7-17-34/h1-31,51-52H. The van der Waals surface area contributed by atoms with Crippen molar-refractivity contribution in [2.24, 2.45) is 0 Å². The molecule has 7 heteroatoms. The van der Waals surface area contributed by atoms with E-state index in [9.17, 15) is 5.41 Å². The minimum Gasteiger partial charge on any atom is -0.450 e. The molecule has 2 heterocycles. The molecule has 270 valence electrons. The molecule has 8 aromatic carbocycles. The summed E-state index contributed by atoms with van der Waals surface area (Å²) in [4.78, 5) is 14.6. The van der Waals surface area contributed by atoms with Gasteiger partial charge in [-0.3, -0.25) is 5.41 Å². The highest BCUT2D eigenvalue weighted by Crippen LogP contribution is 2.48. The van der Waals surface area contributed by atoms with Gasteiger partial charge in [0.05, 0.1) is 5.71 Å². The van der Waals surface area contributed by atoms with Crippen LogP contribution in [0.3, 0.4) is 0 Å². The lowest BCUT2D eigenvalue weighted by molar-refractivity contribution is 0.360. The van der Waals surface area contributed by atoms with Crippen LogP contribution in [0.15, 0.2) is 188 Å². The number of rotatable bonds is 8. The maximum atomic E-state index is 9.57. The van der Waals surface area contributed by atoms with Gasteiger partial charge in [0.25, 0.3) is 0 Å². The Kier molecular flexibility index (Phi) is 8.50. The summed E-state index contributed by atoms with van der Waals surface area (Å²) in [5.41, 5.74) is 8.36. The SMILES string of the molecule is N=C(c1cccc(-c2ccc3c(c2)Oc2cc(-c4nc(-c5ccccc5)nc(-c5ccccc5)n4)ccc2O3)c1)c1c(Nc2ccccc2)ccc2ccccc12. The monoisotopic (exact) mass is 735 g/mol. The number of anilines is 2. The molecule has 0 spiro atoms. The lowest BCUT2D eigenvalue weighted by atomic mass is 9.93. The van der Waals surface area contributed by atoms with E-state index in [1.54, 1.807) is 0 Å². The second-order valence-electron chi connectivity index (χ2n) is 13.7. The van der Waals surface area contributed by atoms with Crippen LogP contribution >= 0.6 is 0 Å². The zero-order chi connectivity index (χ0) is 38.1. The van der Waals surface area contributed by atoms with Crippen LogP contribution in [0.25, 0.3) is 56.1 Å². The molecule has 0 fully saturated rings. The molecular weight excluding hydrogens is 703 g/mol. The van der Waals surface area contributed by atoms with Crippen LogP contribution in [-0.2, 0) is 0 Å². The lowest BCUT2D eigenvalue weighted by Crippen LogP contribution is -2.07. The number of ether oxygens (including phenoxy) is 2. The molecule has 9 aromatic rings. The molecular formula is C50H33N5O2. The summed E-state index contributed by atoms with van der Waals surface area (Å²) in [6, 6.07) is 62.0. The predicted molar refractivity (Wildman–Crippen MR) is 228 cm³/mol. The van der Waals surface area contributed by atoms with Gasteiger partial charge in [0.2, 0.25) is 0 Å². The molecule has 10 rings (SSSR count). The lowest BCUT2D eigenvalue weighted by Gasteiger charge is -2.22. The van der Waals surface area contributed by atoms with Crippen molar-refractivity contribution in [3.63, 3.8) is 0 Å². The molecule has 7 nitrogen and oxygen atoms in total. The second kappa shape index (κ2) is 14.4. The molecule has 57 heavy (non-hydrogen) atoms. The van der Waals surface area contributed by atoms with Crippen LogP contribution in [0.4, 0.5) is 11.4 Å². The molecule has 0 saturated carbocycles. The van der Waals surface area contributed by atoms with E-state index < -0.39 is 0 Å². The van der Waals surface area contributed by atoms with Crippen molar-refractivity contribution in [1.82, 2.24) is 15.0 Å². The van der Waals surface area contributed by atoms with Crippen LogP contribution in [0.2, 0.25) is 0 Å². The maximum absolute atomic E-state index is 9.57. The molecule has 0 atom stereocenters. The van der Waals surface area contributed by atoms with Crippen molar-refractivity contribution in [2.75, 3.05) is 5.32 Å². The highest BCUT2D eigenvalue weighted by molar-refractivity contribution is 6.21. The summed E-state index contributed by atoms with van der Waals surface area (Å²) >= 11 is 0. The molecule has 1 aliphatic heterocycles. The third-order valence-corrected chi connectivity index (χ3v) is 10.0. The summed E-state index contributed by atoms with van der Waals surface area (Å²) in [6.45, 7) is 0. The topological polar surface area (TPSA) is 93.0 Å². The molecule has 0 saturated heterocycles. The van der Waals surface area contributed by atoms with Gasteiger partial charge >= 0.3 is 0 Å². The first-order valence-electron chi connectivity index (χ1n) is 18.7. The van der Waals surface area contributed by atoms with Crippen molar-refractivity contribution in [3.05, 3.63) is 199 Å². The van der Waals surface area contributed by atoms with Gasteiger partial charge in [-0.15, -0.1) is 0 Å². The number of benzene rings is 8. The van der Waals surface area contributed by atoms with E-state index in [1.165, 1.54) is 0 Å². The van der Waals surface area contributed by atoms with Gasteiger partial charge in [-0.1, -0.05) is 133 Å². The molecule has 0 aliphatic carbocycles. The highest BCUT2D eigenvalue weighted by atomic mass is 16.6. The Labute approximate surface area is 329 Å². The van der Waals surface area contributed by atoms with E-state index in [2.05, 4.69) is 41.7 Å². The molecule has 0 bridgehead atoms. The molecule has 0 radical (unpaired) electrons. The first-order chi connectivity index (χ1) is 28.1. The third-order valence-electron chi connectivity index (χ3n) is 10.0. The maximum Gasteiger partial charge on any atom is 0.170 e. The number of aromatic nitrogens is 3. The van der Waals surface area contributed by atoms with E-state index in [4.69, 9.17) is 24.4 Å². The van der Waals surface area contributed by atoms with Crippen molar-refractivity contribution < 1.29 is 9.47 Å². The second-order valence-corrected chi connectivity index (χ2v) is 13.7. The Bertz CT molecular complexity index is 2890. The largest absolute Gasteiger partial charge is 0.450 e. The van der Waals surface area contributed by atoms with Gasteiger partial charge in [-0.2, -0.15) is 0 Å². The fourth-order valence-electron chi connectivity index (χ4n) is 7.16. The number of para-hydroxylation sites is 1. The van der Waals surface area contributed by atoms with Crippen molar-refractivity contribution in [2.45, 2.75) is 0 Å². The van der Waals surface area contributed by atoms with E-state index >= 15 is 0 Å². The summed E-state index contributed by atoms with van der Waals surface area (Å²) in [5, 5.41) is 15.2. The minimum atomic E-state index is 0.426. The normalized spacial score (nSPS) is 11.5. The molecule has 0 unspecified atom stereocenters. The summed E-state index contributed by atoms with van der Waals surface area (Å²) < 4.78 is 12.9. The van der Waals surface area contributed by atoms with Crippen LogP contribution in [0, 0.1) is 5.41 Å². The summed E-state index contributed by atoms with van der Waals surface area (Å²) in [6.07, 6.45) is 0. The van der Waals surface area contributed by atoms with Gasteiger partial charge in [-0.05, 0) is 76.5 Å². The number of nitrogens with zero attached hydrogens (tertiary/aromatic N) is 3. The van der Waals surface area contributed by atoms with E-state index in [0.717, 1.165) is 61.1 Å². The van der Waals surface area contributed by atoms with Crippen molar-refractivity contribution >= 4 is 27.9 Å². The minimum absolute atomic E-state index is 0.426. The number of nitrogens with one attached hydrogen (secondary N) is 2. The van der Waals surface area contributed by atoms with Crippen LogP contribution < -0.4 is 14.8 Å². The van der Waals surface area contributed by atoms with Crippen molar-refractivity contribution in [1.29, 1.82) is 5.41 Å². The molecule has 1 aliphatic rings. The van der Waals surface area contributed by atoms with Crippen LogP contribution in [-0.4, -0.2) is 20.7 Å². The Morgan fingerprint density at radius 2 is 0.947 bits per heavy atom. The van der Waals surface area contributed by atoms with Crippen molar-refractivity contribution in [3.8, 4) is 68.3 Å². The highest BCUT2D eigenvalue weighted by Gasteiger charge is 2.22. The average Bonchev–Trinajstić information content (AvgIpc) is 3.28. The fourth-order valence-corrected chi connectivity index (χ4v) is 7.16. The van der Waals surface area contributed by atoms with Gasteiger partial charge in [0.15, 0.2) is 40.5 Å². The van der Waals surface area contributed by atoms with Crippen LogP contribution in [0.5, 0.6) is 23.0 Å². The first kappa shape index (κ1) is 33.7. The Morgan fingerprint density at radius 3 is 1.63 bits per heavy atom. The number of hydrogen-bond acceptors (Lipinski definition) is 7. The smallest absolute Gasteiger partial charge is 0.170 e. The molecule has 1 aromatic heterocycles. The van der Waals surface area contributed by atoms with E-state index in [-0.39, 0.29) is 0 Å². The first-order valence-corrected chi connectivity index (χ1v) is 18.7. The zero-order valence-electron chi connectivity index (χ0n) is 30.6. The Balaban J connectivity index is 0.973. The quantitative estimate of drug-likeness (QED) is 0.151. The molecule has 0 amide bonds. The van der Waals surface area contributed by atoms with Crippen LogP contribution in [0.1, 0.15) is 11.1 Å². The van der Waals surface area contributed by atoms with Gasteiger partial charge in [0, 0.05) is 39.2 Å². The molecule has 2 N–H and O–H groups in total. The van der Waals surface area contributed by atoms with E-state index in [1.807, 2.05) is 152 Å². The number of fused-ring (bicyclic) bond motifs is 3. The summed E-state index contributed by atoms with van der Waals surface area (Å²) in [7, 11) is 0. The number of hydrogen-bond donors (Lipinski definition) is 2. The average molecular weight is 736 g/mol. The Morgan fingerprint density at radius 1 is 0.421 bits per heavy atom. The van der Waals surface area contributed by atoms with E-state index in [0.29, 0.717) is 46.2 Å². The third kappa shape index (κ3) is 6.64. The van der Waals surface area contributed by atoms with Gasteiger partial charge in [0.1, 0.15) is 0 Å². The van der Waals surface area contributed by atoms with Gasteiger partial charge in [-0.25, -0.2) is 15.0 Å². The summed E-state index contributed by atoms with van der Waals surface area (Å²) in [5.74, 6) is 4.07. The predicted octanol–water partition coefficient (Wildman–Crippen LogP) is 12.8. The van der Waals surface area contributed by atoms with Gasteiger partial charge < -0.3 is 14.8 Å². The zero-order valence-corrected chi connectivity index (χ0v) is 30.6. The Hall–Kier alpha value is -7.90.